The summed E-state index contributed by atoms with van der Waals surface area (Å²) in [5, 5.41) is 11.7. The van der Waals surface area contributed by atoms with E-state index >= 15 is 0 Å². The third-order valence-electron chi connectivity index (χ3n) is 3.08. The lowest BCUT2D eigenvalue weighted by atomic mass is 10.1. The van der Waals surface area contributed by atoms with E-state index in [1.165, 1.54) is 16.6 Å². The standard InChI is InChI=1S/C14H20FN3O2S/c1-3-18(21(2,19)20)8-4-7-17-11-13-6-5-12(10-16)9-14(13)15/h5-6,9,17H,3-4,7-8,11H2,1-2H3. The zero-order chi connectivity index (χ0) is 15.9. The summed E-state index contributed by atoms with van der Waals surface area (Å²) in [5.74, 6) is -0.409. The van der Waals surface area contributed by atoms with Crippen molar-refractivity contribution in [2.24, 2.45) is 0 Å². The van der Waals surface area contributed by atoms with Crippen molar-refractivity contribution >= 4 is 10.0 Å². The first-order valence-electron chi connectivity index (χ1n) is 6.73. The van der Waals surface area contributed by atoms with Crippen LogP contribution in [0.25, 0.3) is 0 Å². The molecule has 1 aromatic rings. The van der Waals surface area contributed by atoms with E-state index in [-0.39, 0.29) is 0 Å². The van der Waals surface area contributed by atoms with Gasteiger partial charge in [-0.2, -0.15) is 5.26 Å². The fourth-order valence-electron chi connectivity index (χ4n) is 1.92. The first kappa shape index (κ1) is 17.6. The molecule has 0 saturated carbocycles. The van der Waals surface area contributed by atoms with Gasteiger partial charge in [0, 0.05) is 25.2 Å². The van der Waals surface area contributed by atoms with E-state index < -0.39 is 15.8 Å². The Balaban J connectivity index is 2.37. The van der Waals surface area contributed by atoms with Gasteiger partial charge in [0.05, 0.1) is 17.9 Å². The molecule has 0 heterocycles. The van der Waals surface area contributed by atoms with Gasteiger partial charge in [-0.3, -0.25) is 0 Å². The molecule has 0 fully saturated rings. The predicted octanol–water partition coefficient (Wildman–Crippen LogP) is 1.46. The second-order valence-electron chi connectivity index (χ2n) is 4.70. The number of nitrogens with zero attached hydrogens (tertiary/aromatic N) is 2. The summed E-state index contributed by atoms with van der Waals surface area (Å²) in [7, 11) is -3.15. The van der Waals surface area contributed by atoms with Crippen LogP contribution in [-0.4, -0.2) is 38.6 Å². The monoisotopic (exact) mass is 313 g/mol. The number of hydrogen-bond acceptors (Lipinski definition) is 4. The van der Waals surface area contributed by atoms with Crippen LogP contribution in [0, 0.1) is 17.1 Å². The first-order valence-corrected chi connectivity index (χ1v) is 8.57. The van der Waals surface area contributed by atoms with Crippen molar-refractivity contribution in [2.75, 3.05) is 25.9 Å². The minimum Gasteiger partial charge on any atom is -0.313 e. The topological polar surface area (TPSA) is 73.2 Å². The first-order chi connectivity index (χ1) is 9.88. The molecule has 0 unspecified atom stereocenters. The fourth-order valence-corrected chi connectivity index (χ4v) is 2.85. The number of hydrogen-bond donors (Lipinski definition) is 1. The van der Waals surface area contributed by atoms with Crippen molar-refractivity contribution in [2.45, 2.75) is 19.9 Å². The molecule has 5 nitrogen and oxygen atoms in total. The lowest BCUT2D eigenvalue weighted by molar-refractivity contribution is 0.418. The quantitative estimate of drug-likeness (QED) is 0.737. The molecular weight excluding hydrogens is 293 g/mol. The highest BCUT2D eigenvalue weighted by atomic mass is 32.2. The fraction of sp³-hybridized carbons (Fsp3) is 0.500. The third kappa shape index (κ3) is 5.79. The van der Waals surface area contributed by atoms with E-state index in [9.17, 15) is 12.8 Å². The van der Waals surface area contributed by atoms with E-state index in [1.54, 1.807) is 19.1 Å². The van der Waals surface area contributed by atoms with Crippen molar-refractivity contribution in [3.63, 3.8) is 0 Å². The number of rotatable bonds is 8. The molecule has 0 bridgehead atoms. The van der Waals surface area contributed by atoms with Crippen LogP contribution in [0.2, 0.25) is 0 Å². The van der Waals surface area contributed by atoms with Crippen LogP contribution in [0.1, 0.15) is 24.5 Å². The maximum absolute atomic E-state index is 13.6. The summed E-state index contributed by atoms with van der Waals surface area (Å²) in [5.41, 5.74) is 0.785. The van der Waals surface area contributed by atoms with Crippen LogP contribution in [0.15, 0.2) is 18.2 Å². The number of nitrogens with one attached hydrogen (secondary N) is 1. The Morgan fingerprint density at radius 1 is 1.43 bits per heavy atom. The predicted molar refractivity (Wildman–Crippen MR) is 79.5 cm³/mol. The minimum atomic E-state index is -3.15. The van der Waals surface area contributed by atoms with Crippen molar-refractivity contribution in [1.82, 2.24) is 9.62 Å². The van der Waals surface area contributed by atoms with Crippen LogP contribution < -0.4 is 5.32 Å². The molecule has 1 N–H and O–H groups in total. The van der Waals surface area contributed by atoms with Gasteiger partial charge in [0.2, 0.25) is 10.0 Å². The number of benzene rings is 1. The third-order valence-corrected chi connectivity index (χ3v) is 4.46. The minimum absolute atomic E-state index is 0.294. The zero-order valence-corrected chi connectivity index (χ0v) is 13.1. The zero-order valence-electron chi connectivity index (χ0n) is 12.3. The summed E-state index contributed by atoms with van der Waals surface area (Å²) in [6.07, 6.45) is 1.84. The lowest BCUT2D eigenvalue weighted by Gasteiger charge is -2.17. The molecule has 7 heteroatoms. The number of nitriles is 1. The number of sulfonamides is 1. The molecule has 0 radical (unpaired) electrons. The Hall–Kier alpha value is -1.49. The van der Waals surface area contributed by atoms with Gasteiger partial charge in [0.15, 0.2) is 0 Å². The van der Waals surface area contributed by atoms with Crippen molar-refractivity contribution in [1.29, 1.82) is 5.26 Å². The Bertz CT molecular complexity index is 611. The molecule has 0 atom stereocenters. The van der Waals surface area contributed by atoms with Crippen LogP contribution in [0.4, 0.5) is 4.39 Å². The molecule has 21 heavy (non-hydrogen) atoms. The lowest BCUT2D eigenvalue weighted by Crippen LogP contribution is -2.32. The van der Waals surface area contributed by atoms with Gasteiger partial charge in [-0.25, -0.2) is 17.1 Å². The maximum atomic E-state index is 13.6. The summed E-state index contributed by atoms with van der Waals surface area (Å²) in [6, 6.07) is 6.24. The van der Waals surface area contributed by atoms with E-state index in [2.05, 4.69) is 5.32 Å². The van der Waals surface area contributed by atoms with Crippen molar-refractivity contribution in [3.05, 3.63) is 35.1 Å². The summed E-state index contributed by atoms with van der Waals surface area (Å²) < 4.78 is 37.8. The summed E-state index contributed by atoms with van der Waals surface area (Å²) in [4.78, 5) is 0. The maximum Gasteiger partial charge on any atom is 0.211 e. The molecule has 1 rings (SSSR count). The highest BCUT2D eigenvalue weighted by Crippen LogP contribution is 2.09. The highest BCUT2D eigenvalue weighted by molar-refractivity contribution is 7.88. The molecule has 0 aromatic heterocycles. The van der Waals surface area contributed by atoms with Gasteiger partial charge >= 0.3 is 0 Å². The van der Waals surface area contributed by atoms with Gasteiger partial charge < -0.3 is 5.32 Å². The number of halogens is 1. The molecular formula is C14H20FN3O2S. The average Bonchev–Trinajstić information content (AvgIpc) is 2.42. The van der Waals surface area contributed by atoms with Gasteiger partial charge in [-0.05, 0) is 25.1 Å². The highest BCUT2D eigenvalue weighted by Gasteiger charge is 2.13. The smallest absolute Gasteiger partial charge is 0.211 e. The molecule has 0 aliphatic carbocycles. The SMILES string of the molecule is CCN(CCCNCc1ccc(C#N)cc1F)S(C)(=O)=O. The van der Waals surface area contributed by atoms with Crippen LogP contribution in [0.5, 0.6) is 0 Å². The molecule has 0 amide bonds. The second kappa shape index (κ2) is 8.08. The molecule has 0 aliphatic rings. The van der Waals surface area contributed by atoms with Crippen LogP contribution >= 0.6 is 0 Å². The van der Waals surface area contributed by atoms with E-state index in [1.807, 2.05) is 6.07 Å². The Kier molecular flexibility index (Phi) is 6.75. The normalized spacial score (nSPS) is 11.6. The van der Waals surface area contributed by atoms with Gasteiger partial charge in [0.25, 0.3) is 0 Å². The molecule has 0 spiro atoms. The molecule has 0 saturated heterocycles. The summed E-state index contributed by atoms with van der Waals surface area (Å²) in [6.45, 7) is 3.62. The average molecular weight is 313 g/mol. The summed E-state index contributed by atoms with van der Waals surface area (Å²) >= 11 is 0. The molecule has 1 aromatic carbocycles. The van der Waals surface area contributed by atoms with Crippen molar-refractivity contribution < 1.29 is 12.8 Å². The van der Waals surface area contributed by atoms with Gasteiger partial charge in [-0.1, -0.05) is 13.0 Å². The van der Waals surface area contributed by atoms with E-state index in [0.717, 1.165) is 0 Å². The molecule has 116 valence electrons. The van der Waals surface area contributed by atoms with Gasteiger partial charge in [-0.15, -0.1) is 0 Å². The Morgan fingerprint density at radius 3 is 2.67 bits per heavy atom. The van der Waals surface area contributed by atoms with Gasteiger partial charge in [0.1, 0.15) is 5.82 Å². The Morgan fingerprint density at radius 2 is 2.14 bits per heavy atom. The molecule has 0 aliphatic heterocycles. The Labute approximate surface area is 125 Å². The van der Waals surface area contributed by atoms with Crippen LogP contribution in [-0.2, 0) is 16.6 Å². The van der Waals surface area contributed by atoms with Crippen molar-refractivity contribution in [3.8, 4) is 6.07 Å². The largest absolute Gasteiger partial charge is 0.313 e. The second-order valence-corrected chi connectivity index (χ2v) is 6.69. The van der Waals surface area contributed by atoms with E-state index in [4.69, 9.17) is 5.26 Å². The van der Waals surface area contributed by atoms with Crippen LogP contribution in [0.3, 0.4) is 0 Å². The van der Waals surface area contributed by atoms with E-state index in [0.29, 0.717) is 43.7 Å².